The van der Waals surface area contributed by atoms with Gasteiger partial charge in [-0.3, -0.25) is 28.2 Å². The topological polar surface area (TPSA) is 167 Å². The zero-order chi connectivity index (χ0) is 22.1. The van der Waals surface area contributed by atoms with Gasteiger partial charge in [0.2, 0.25) is 12.2 Å². The van der Waals surface area contributed by atoms with Gasteiger partial charge in [-0.1, -0.05) is 0 Å². The number of primary amides is 1. The molecule has 164 valence electrons. The molecule has 0 radical (unpaired) electrons. The number of carbonyl (C=O) groups excluding carboxylic acids is 5. The van der Waals surface area contributed by atoms with E-state index in [0.717, 1.165) is 27.7 Å². The van der Waals surface area contributed by atoms with Crippen LogP contribution in [0.5, 0.6) is 0 Å². The molecule has 1 rings (SSSR count). The van der Waals surface area contributed by atoms with Crippen LogP contribution >= 0.6 is 12.0 Å². The van der Waals surface area contributed by atoms with E-state index in [9.17, 15) is 24.0 Å². The van der Waals surface area contributed by atoms with Crippen molar-refractivity contribution in [3.63, 3.8) is 0 Å². The number of nitrogens with two attached hydrogens (primary N) is 1. The Balaban J connectivity index is 3.22. The Morgan fingerprint density at radius 3 is 1.83 bits per heavy atom. The summed E-state index contributed by atoms with van der Waals surface area (Å²) in [6.45, 7) is 4.09. The number of hydrogen-bond donors (Lipinski definition) is 1. The molecule has 13 heteroatoms. The van der Waals surface area contributed by atoms with Crippen LogP contribution in [0.1, 0.15) is 27.7 Å². The fraction of sp³-hybridized carbons (Fsp3) is 0.688. The van der Waals surface area contributed by atoms with Crippen molar-refractivity contribution in [2.24, 2.45) is 5.73 Å². The molecule has 0 aromatic rings. The zero-order valence-electron chi connectivity index (χ0n) is 16.3. The summed E-state index contributed by atoms with van der Waals surface area (Å²) in [7, 11) is 0. The van der Waals surface area contributed by atoms with Crippen LogP contribution in [0.2, 0.25) is 0 Å². The third-order valence-corrected chi connectivity index (χ3v) is 4.04. The first-order valence-corrected chi connectivity index (χ1v) is 9.29. The summed E-state index contributed by atoms with van der Waals surface area (Å²) in [5.74, 6) is -3.83. The average molecular weight is 437 g/mol. The van der Waals surface area contributed by atoms with Gasteiger partial charge in [0.05, 0.1) is 5.75 Å². The van der Waals surface area contributed by atoms with Crippen molar-refractivity contribution < 1.29 is 51.8 Å². The highest BCUT2D eigenvalue weighted by Gasteiger charge is 2.53. The Morgan fingerprint density at radius 1 is 0.828 bits per heavy atom. The number of hydrogen-bond acceptors (Lipinski definition) is 12. The highest BCUT2D eigenvalue weighted by molar-refractivity contribution is 7.95. The zero-order valence-corrected chi connectivity index (χ0v) is 17.1. The molecule has 0 saturated carbocycles. The molecule has 0 unspecified atom stereocenters. The van der Waals surface area contributed by atoms with Crippen molar-refractivity contribution in [3.8, 4) is 0 Å². The fourth-order valence-electron chi connectivity index (χ4n) is 2.43. The smallest absolute Gasteiger partial charge is 0.303 e. The largest absolute Gasteiger partial charge is 0.463 e. The normalized spacial score (nSPS) is 26.1. The lowest BCUT2D eigenvalue weighted by Crippen LogP contribution is -2.62. The molecule has 0 aromatic heterocycles. The fourth-order valence-corrected chi connectivity index (χ4v) is 2.90. The van der Waals surface area contributed by atoms with E-state index in [1.807, 2.05) is 0 Å². The van der Waals surface area contributed by atoms with Gasteiger partial charge in [0.25, 0.3) is 0 Å². The summed E-state index contributed by atoms with van der Waals surface area (Å²) in [4.78, 5) is 56.9. The summed E-state index contributed by atoms with van der Waals surface area (Å²) in [6.07, 6.45) is -6.46. The van der Waals surface area contributed by atoms with Gasteiger partial charge < -0.3 is 29.4 Å². The summed E-state index contributed by atoms with van der Waals surface area (Å²) in [5.41, 5.74) is 5.05. The minimum Gasteiger partial charge on any atom is -0.463 e. The maximum Gasteiger partial charge on any atom is 0.303 e. The van der Waals surface area contributed by atoms with Gasteiger partial charge in [-0.05, 0) is 0 Å². The minimum atomic E-state index is -1.36. The van der Waals surface area contributed by atoms with Gasteiger partial charge in [-0.25, -0.2) is 0 Å². The molecular weight excluding hydrogens is 414 g/mol. The first kappa shape index (κ1) is 24.7. The molecule has 2 N–H and O–H groups in total. The Bertz CT molecular complexity index is 640. The lowest BCUT2D eigenvalue weighted by molar-refractivity contribution is -0.286. The molecule has 1 amide bonds. The predicted molar refractivity (Wildman–Crippen MR) is 94.7 cm³/mol. The van der Waals surface area contributed by atoms with Gasteiger partial charge in [-0.15, -0.1) is 0 Å². The van der Waals surface area contributed by atoms with Gasteiger partial charge in [0, 0.05) is 39.7 Å². The molecule has 0 bridgehead atoms. The molecule has 0 aliphatic carbocycles. The second kappa shape index (κ2) is 11.6. The molecule has 1 aliphatic rings. The Labute approximate surface area is 170 Å². The number of esters is 4. The molecule has 0 spiro atoms. The molecule has 0 aromatic carbocycles. The third kappa shape index (κ3) is 8.66. The highest BCUT2D eigenvalue weighted by Crippen LogP contribution is 2.31. The second-order valence-electron chi connectivity index (χ2n) is 5.89. The van der Waals surface area contributed by atoms with E-state index in [-0.39, 0.29) is 12.4 Å². The maximum absolute atomic E-state index is 11.6. The van der Waals surface area contributed by atoms with E-state index in [1.165, 1.54) is 0 Å². The van der Waals surface area contributed by atoms with Crippen LogP contribution in [0.3, 0.4) is 0 Å². The summed E-state index contributed by atoms with van der Waals surface area (Å²) in [5, 5.41) is 0. The monoisotopic (exact) mass is 437 g/mol. The first-order chi connectivity index (χ1) is 13.5. The van der Waals surface area contributed by atoms with Gasteiger partial charge >= 0.3 is 23.9 Å². The lowest BCUT2D eigenvalue weighted by Gasteiger charge is -2.43. The van der Waals surface area contributed by atoms with Crippen LogP contribution in [-0.2, 0) is 51.8 Å². The van der Waals surface area contributed by atoms with E-state index < -0.39 is 60.5 Å². The van der Waals surface area contributed by atoms with Crippen molar-refractivity contribution in [3.05, 3.63) is 0 Å². The molecule has 29 heavy (non-hydrogen) atoms. The Hall–Kier alpha value is -2.38. The van der Waals surface area contributed by atoms with Crippen LogP contribution < -0.4 is 5.73 Å². The molecule has 1 heterocycles. The third-order valence-electron chi connectivity index (χ3n) is 3.31. The quantitative estimate of drug-likeness (QED) is 0.272. The molecule has 1 fully saturated rings. The number of rotatable bonds is 9. The molecular formula is C16H23NO11S. The summed E-state index contributed by atoms with van der Waals surface area (Å²) < 4.78 is 31.5. The van der Waals surface area contributed by atoms with Crippen molar-refractivity contribution in [2.75, 3.05) is 12.4 Å². The minimum absolute atomic E-state index is 0.243. The standard InChI is InChI=1S/C16H23NO11S/c1-7(18)23-5-11-13(24-8(2)19)14(25-9(3)20)15(26-10(4)21)16(27-11)28-29-6-12(17)22/h11,13-16H,5-6H2,1-4H3,(H2,17,22)/t11-,13-,14+,15-,16+/m1/s1. The van der Waals surface area contributed by atoms with Crippen LogP contribution in [0.25, 0.3) is 0 Å². The van der Waals surface area contributed by atoms with Crippen LogP contribution in [0, 0.1) is 0 Å². The summed E-state index contributed by atoms with van der Waals surface area (Å²) >= 11 is 0.614. The lowest BCUT2D eigenvalue weighted by atomic mass is 9.98. The van der Waals surface area contributed by atoms with Crippen molar-refractivity contribution in [1.82, 2.24) is 0 Å². The first-order valence-electron chi connectivity index (χ1n) is 8.38. The number of carbonyl (C=O) groups is 5. The Kier molecular flexibility index (Phi) is 9.85. The SMILES string of the molecule is CC(=O)OC[C@H]1O[C@@H](OSCC(N)=O)[C@H](OC(C)=O)[C@@H](OC(C)=O)[C@@H]1OC(C)=O. The molecule has 1 aliphatic heterocycles. The van der Waals surface area contributed by atoms with E-state index in [1.54, 1.807) is 0 Å². The Morgan fingerprint density at radius 2 is 1.34 bits per heavy atom. The van der Waals surface area contributed by atoms with Crippen LogP contribution in [-0.4, -0.2) is 72.9 Å². The van der Waals surface area contributed by atoms with E-state index >= 15 is 0 Å². The summed E-state index contributed by atoms with van der Waals surface area (Å²) in [6, 6.07) is 0. The van der Waals surface area contributed by atoms with Gasteiger partial charge in [0.1, 0.15) is 12.7 Å². The van der Waals surface area contributed by atoms with E-state index in [2.05, 4.69) is 0 Å². The molecule has 12 nitrogen and oxygen atoms in total. The average Bonchev–Trinajstić information content (AvgIpc) is 2.56. The van der Waals surface area contributed by atoms with E-state index in [4.69, 9.17) is 33.6 Å². The predicted octanol–water partition coefficient (Wildman–Crippen LogP) is -0.780. The second-order valence-corrected chi connectivity index (χ2v) is 6.61. The maximum atomic E-state index is 11.6. The molecule has 1 saturated heterocycles. The van der Waals surface area contributed by atoms with Crippen LogP contribution in [0.4, 0.5) is 0 Å². The van der Waals surface area contributed by atoms with Crippen molar-refractivity contribution in [2.45, 2.75) is 58.4 Å². The number of ether oxygens (including phenoxy) is 5. The van der Waals surface area contributed by atoms with Crippen molar-refractivity contribution in [1.29, 1.82) is 0 Å². The number of amides is 1. The van der Waals surface area contributed by atoms with E-state index in [0.29, 0.717) is 12.0 Å². The van der Waals surface area contributed by atoms with Gasteiger partial charge in [-0.2, -0.15) is 0 Å². The van der Waals surface area contributed by atoms with Gasteiger partial charge in [0.15, 0.2) is 18.3 Å². The molecule has 5 atom stereocenters. The highest BCUT2D eigenvalue weighted by atomic mass is 32.2. The van der Waals surface area contributed by atoms with Crippen molar-refractivity contribution >= 4 is 41.8 Å². The van der Waals surface area contributed by atoms with Crippen LogP contribution in [0.15, 0.2) is 0 Å².